The van der Waals surface area contributed by atoms with Gasteiger partial charge in [-0.2, -0.15) is 0 Å². The molecule has 0 aliphatic carbocycles. The Kier molecular flexibility index (Phi) is 4.22. The molecule has 2 aromatic rings. The Morgan fingerprint density at radius 1 is 1.39 bits per heavy atom. The highest BCUT2D eigenvalue weighted by molar-refractivity contribution is 6.32. The lowest BCUT2D eigenvalue weighted by molar-refractivity contribution is 0.143. The third kappa shape index (κ3) is 2.51. The molecule has 0 amide bonds. The Balaban J connectivity index is 2.25. The summed E-state index contributed by atoms with van der Waals surface area (Å²) in [5.41, 5.74) is 8.52. The van der Waals surface area contributed by atoms with Crippen molar-refractivity contribution in [2.75, 3.05) is 19.8 Å². The molecule has 1 aromatic heterocycles. The maximum Gasteiger partial charge on any atom is 0.111 e. The standard InChI is InChI=1S/C13H18ClN3O/c1-9-10(14)3-4-11-13(9)17(2)12(16-11)5-7-18-8-6-15/h3-4H,5-8,15H2,1-2H3. The molecule has 98 valence electrons. The summed E-state index contributed by atoms with van der Waals surface area (Å²) in [4.78, 5) is 4.60. The zero-order valence-electron chi connectivity index (χ0n) is 10.7. The number of hydrogen-bond donors (Lipinski definition) is 1. The zero-order chi connectivity index (χ0) is 13.1. The van der Waals surface area contributed by atoms with Crippen LogP contribution in [0.15, 0.2) is 12.1 Å². The number of fused-ring (bicyclic) bond motifs is 1. The predicted molar refractivity (Wildman–Crippen MR) is 74.0 cm³/mol. The number of benzene rings is 1. The maximum atomic E-state index is 6.13. The quantitative estimate of drug-likeness (QED) is 0.844. The number of aromatic nitrogens is 2. The van der Waals surface area contributed by atoms with Gasteiger partial charge in [-0.1, -0.05) is 11.6 Å². The molecule has 2 N–H and O–H groups in total. The fraction of sp³-hybridized carbons (Fsp3) is 0.462. The third-order valence-corrected chi connectivity index (χ3v) is 3.46. The highest BCUT2D eigenvalue weighted by Gasteiger charge is 2.11. The average molecular weight is 268 g/mol. The molecule has 0 radical (unpaired) electrons. The first kappa shape index (κ1) is 13.3. The number of halogens is 1. The van der Waals surface area contributed by atoms with Gasteiger partial charge >= 0.3 is 0 Å². The maximum absolute atomic E-state index is 6.13. The lowest BCUT2D eigenvalue weighted by Gasteiger charge is -2.05. The van der Waals surface area contributed by atoms with Crippen LogP contribution in [0.5, 0.6) is 0 Å². The molecule has 18 heavy (non-hydrogen) atoms. The van der Waals surface area contributed by atoms with Crippen LogP contribution in [-0.2, 0) is 18.2 Å². The molecule has 0 saturated carbocycles. The van der Waals surface area contributed by atoms with Crippen LogP contribution in [0, 0.1) is 6.92 Å². The van der Waals surface area contributed by atoms with Crippen LogP contribution in [0.3, 0.4) is 0 Å². The van der Waals surface area contributed by atoms with Gasteiger partial charge in [0.2, 0.25) is 0 Å². The second kappa shape index (κ2) is 5.69. The lowest BCUT2D eigenvalue weighted by Crippen LogP contribution is -2.11. The molecule has 0 bridgehead atoms. The van der Waals surface area contributed by atoms with Crippen LogP contribution < -0.4 is 5.73 Å². The van der Waals surface area contributed by atoms with Crippen molar-refractivity contribution in [1.82, 2.24) is 9.55 Å². The van der Waals surface area contributed by atoms with E-state index in [0.717, 1.165) is 33.9 Å². The van der Waals surface area contributed by atoms with Crippen molar-refractivity contribution in [3.63, 3.8) is 0 Å². The van der Waals surface area contributed by atoms with Crippen LogP contribution in [-0.4, -0.2) is 29.3 Å². The van der Waals surface area contributed by atoms with Crippen molar-refractivity contribution < 1.29 is 4.74 Å². The van der Waals surface area contributed by atoms with Crippen LogP contribution >= 0.6 is 11.6 Å². The Labute approximate surface area is 112 Å². The molecule has 0 aliphatic rings. The largest absolute Gasteiger partial charge is 0.380 e. The summed E-state index contributed by atoms with van der Waals surface area (Å²) in [5, 5.41) is 0.774. The van der Waals surface area contributed by atoms with E-state index < -0.39 is 0 Å². The minimum Gasteiger partial charge on any atom is -0.380 e. The van der Waals surface area contributed by atoms with Crippen molar-refractivity contribution in [2.45, 2.75) is 13.3 Å². The fourth-order valence-corrected chi connectivity index (χ4v) is 2.24. The van der Waals surface area contributed by atoms with Gasteiger partial charge in [0.25, 0.3) is 0 Å². The number of rotatable bonds is 5. The van der Waals surface area contributed by atoms with E-state index in [4.69, 9.17) is 22.1 Å². The normalized spacial score (nSPS) is 11.3. The molecule has 1 heterocycles. The summed E-state index contributed by atoms with van der Waals surface area (Å²) >= 11 is 6.13. The highest BCUT2D eigenvalue weighted by atomic mass is 35.5. The molecule has 0 saturated heterocycles. The number of nitrogens with zero attached hydrogens (tertiary/aromatic N) is 2. The van der Waals surface area contributed by atoms with Crippen LogP contribution in [0.4, 0.5) is 0 Å². The Morgan fingerprint density at radius 2 is 2.17 bits per heavy atom. The topological polar surface area (TPSA) is 53.1 Å². The van der Waals surface area contributed by atoms with Crippen molar-refractivity contribution in [2.24, 2.45) is 12.8 Å². The van der Waals surface area contributed by atoms with E-state index in [2.05, 4.69) is 9.55 Å². The summed E-state index contributed by atoms with van der Waals surface area (Å²) in [7, 11) is 2.01. The van der Waals surface area contributed by atoms with E-state index in [9.17, 15) is 0 Å². The minimum absolute atomic E-state index is 0.553. The molecule has 5 heteroatoms. The van der Waals surface area contributed by atoms with E-state index in [0.29, 0.717) is 19.8 Å². The van der Waals surface area contributed by atoms with Crippen molar-refractivity contribution >= 4 is 22.6 Å². The zero-order valence-corrected chi connectivity index (χ0v) is 11.5. The number of aryl methyl sites for hydroxylation is 2. The fourth-order valence-electron chi connectivity index (χ4n) is 2.09. The molecular formula is C13H18ClN3O. The lowest BCUT2D eigenvalue weighted by atomic mass is 10.2. The highest BCUT2D eigenvalue weighted by Crippen LogP contribution is 2.25. The average Bonchev–Trinajstić information content (AvgIpc) is 2.67. The Hall–Kier alpha value is -1.10. The number of nitrogens with two attached hydrogens (primary N) is 1. The van der Waals surface area contributed by atoms with Crippen molar-refractivity contribution in [3.05, 3.63) is 28.5 Å². The first-order valence-electron chi connectivity index (χ1n) is 6.03. The SMILES string of the molecule is Cc1c(Cl)ccc2nc(CCOCCN)n(C)c12. The van der Waals surface area contributed by atoms with Crippen LogP contribution in [0.25, 0.3) is 11.0 Å². The molecule has 4 nitrogen and oxygen atoms in total. The number of ether oxygens (including phenoxy) is 1. The summed E-state index contributed by atoms with van der Waals surface area (Å²) in [6.07, 6.45) is 0.780. The van der Waals surface area contributed by atoms with E-state index in [-0.39, 0.29) is 0 Å². The van der Waals surface area contributed by atoms with Crippen molar-refractivity contribution in [3.8, 4) is 0 Å². The molecule has 1 aromatic carbocycles. The Morgan fingerprint density at radius 3 is 2.89 bits per heavy atom. The summed E-state index contributed by atoms with van der Waals surface area (Å²) in [6, 6.07) is 3.84. The number of hydrogen-bond acceptors (Lipinski definition) is 3. The number of imidazole rings is 1. The first-order valence-corrected chi connectivity index (χ1v) is 6.41. The summed E-state index contributed by atoms with van der Waals surface area (Å²) in [6.45, 7) is 3.80. The molecule has 2 rings (SSSR count). The molecule has 0 atom stereocenters. The van der Waals surface area contributed by atoms with Crippen LogP contribution in [0.1, 0.15) is 11.4 Å². The van der Waals surface area contributed by atoms with Crippen LogP contribution in [0.2, 0.25) is 5.02 Å². The van der Waals surface area contributed by atoms with E-state index in [1.807, 2.05) is 26.1 Å². The van der Waals surface area contributed by atoms with Gasteiger partial charge in [-0.15, -0.1) is 0 Å². The van der Waals surface area contributed by atoms with Gasteiger partial charge in [0, 0.05) is 25.0 Å². The van der Waals surface area contributed by atoms with Gasteiger partial charge in [-0.25, -0.2) is 4.98 Å². The third-order valence-electron chi connectivity index (χ3n) is 3.05. The molecule has 0 aliphatic heterocycles. The van der Waals surface area contributed by atoms with Gasteiger partial charge in [0.15, 0.2) is 0 Å². The molecule has 0 fully saturated rings. The van der Waals surface area contributed by atoms with E-state index in [1.165, 1.54) is 0 Å². The van der Waals surface area contributed by atoms with Gasteiger partial charge in [0.05, 0.1) is 24.2 Å². The predicted octanol–water partition coefficient (Wildman–Crippen LogP) is 2.05. The molecular weight excluding hydrogens is 250 g/mol. The molecule has 0 unspecified atom stereocenters. The first-order chi connectivity index (χ1) is 8.65. The summed E-state index contributed by atoms with van der Waals surface area (Å²) in [5.74, 6) is 1.01. The minimum atomic E-state index is 0.553. The van der Waals surface area contributed by atoms with E-state index >= 15 is 0 Å². The van der Waals surface area contributed by atoms with E-state index in [1.54, 1.807) is 0 Å². The smallest absolute Gasteiger partial charge is 0.111 e. The van der Waals surface area contributed by atoms with Gasteiger partial charge in [-0.05, 0) is 24.6 Å². The van der Waals surface area contributed by atoms with Gasteiger partial charge in [-0.3, -0.25) is 0 Å². The second-order valence-corrected chi connectivity index (χ2v) is 4.69. The summed E-state index contributed by atoms with van der Waals surface area (Å²) < 4.78 is 7.47. The van der Waals surface area contributed by atoms with Crippen molar-refractivity contribution in [1.29, 1.82) is 0 Å². The van der Waals surface area contributed by atoms with Gasteiger partial charge < -0.3 is 15.0 Å². The van der Waals surface area contributed by atoms with Gasteiger partial charge in [0.1, 0.15) is 5.82 Å². The Bertz CT molecular complexity index is 551. The monoisotopic (exact) mass is 267 g/mol. The second-order valence-electron chi connectivity index (χ2n) is 4.28. The molecule has 0 spiro atoms.